The quantitative estimate of drug-likeness (QED) is 0.458. The Kier molecular flexibility index (Phi) is 5.75. The summed E-state index contributed by atoms with van der Waals surface area (Å²) in [5, 5.41) is 11.5. The molecule has 37 heavy (non-hydrogen) atoms. The van der Waals surface area contributed by atoms with Crippen LogP contribution in [0.2, 0.25) is 0 Å². The maximum absolute atomic E-state index is 13.9. The van der Waals surface area contributed by atoms with Gasteiger partial charge in [-0.25, -0.2) is 9.79 Å². The zero-order chi connectivity index (χ0) is 25.8. The minimum Gasteiger partial charge on any atom is -0.472 e. The minimum atomic E-state index is -0.918. The molecule has 2 aromatic carbocycles. The highest BCUT2D eigenvalue weighted by Crippen LogP contribution is 2.57. The first-order valence-corrected chi connectivity index (χ1v) is 13.0. The van der Waals surface area contributed by atoms with Crippen LogP contribution < -0.4 is 0 Å². The number of nitrogens with zero attached hydrogens (tertiary/aromatic N) is 1. The minimum absolute atomic E-state index is 0.00162. The molecule has 0 amide bonds. The van der Waals surface area contributed by atoms with E-state index < -0.39 is 29.8 Å². The topological polar surface area (TPSA) is 81.3 Å². The molecule has 2 aliphatic carbocycles. The average Bonchev–Trinajstić information content (AvgIpc) is 3.59. The maximum atomic E-state index is 13.9. The van der Waals surface area contributed by atoms with Gasteiger partial charge in [-0.15, -0.1) is 0 Å². The monoisotopic (exact) mass is 499 g/mol. The fourth-order valence-corrected chi connectivity index (χ4v) is 6.64. The van der Waals surface area contributed by atoms with Crippen LogP contribution in [0.15, 0.2) is 82.6 Å². The number of aliphatic imine (C=N–C) groups is 1. The van der Waals surface area contributed by atoms with Crippen LogP contribution in [-0.2, 0) is 20.7 Å². The predicted octanol–water partition coefficient (Wildman–Crippen LogP) is 5.81. The number of rotatable bonds is 4. The van der Waals surface area contributed by atoms with Crippen LogP contribution in [0.4, 0.5) is 0 Å². The van der Waals surface area contributed by atoms with Gasteiger partial charge in [-0.05, 0) is 48.8 Å². The summed E-state index contributed by atoms with van der Waals surface area (Å²) in [5.74, 6) is -0.0492. The standard InChI is InChI=1S/C31H33NO5/c1-30(2)15-22-24(16-30)31(3,34)14-21-17-35-18-23(21)26(22)37-29(33)27-25(19-10-6-4-7-11-19)32-28(36-27)20-12-8-5-9-13-20/h4-13,17-18,22,24-27,34H,14-16H2,1-3H3/t22-,24-,25-,26+,27+,31-/m0/s1. The van der Waals surface area contributed by atoms with Crippen LogP contribution in [0.5, 0.6) is 0 Å². The van der Waals surface area contributed by atoms with Crippen LogP contribution in [0.1, 0.15) is 68.0 Å². The third kappa shape index (κ3) is 4.37. The largest absolute Gasteiger partial charge is 0.472 e. The summed E-state index contributed by atoms with van der Waals surface area (Å²) in [4.78, 5) is 18.7. The first-order valence-electron chi connectivity index (χ1n) is 13.0. The van der Waals surface area contributed by atoms with E-state index in [-0.39, 0.29) is 17.3 Å². The zero-order valence-corrected chi connectivity index (χ0v) is 21.5. The van der Waals surface area contributed by atoms with E-state index in [4.69, 9.17) is 18.9 Å². The Labute approximate surface area is 217 Å². The van der Waals surface area contributed by atoms with Gasteiger partial charge in [-0.2, -0.15) is 0 Å². The molecule has 1 aliphatic heterocycles. The smallest absolute Gasteiger partial charge is 0.350 e. The number of hydrogen-bond donors (Lipinski definition) is 1. The Morgan fingerprint density at radius 3 is 2.43 bits per heavy atom. The number of benzene rings is 2. The highest BCUT2D eigenvalue weighted by molar-refractivity contribution is 5.98. The Morgan fingerprint density at radius 2 is 1.70 bits per heavy atom. The molecule has 1 saturated carbocycles. The first-order chi connectivity index (χ1) is 17.7. The Morgan fingerprint density at radius 1 is 1.00 bits per heavy atom. The summed E-state index contributed by atoms with van der Waals surface area (Å²) in [6, 6.07) is 18.8. The Balaban J connectivity index is 1.34. The molecule has 1 aromatic heterocycles. The van der Waals surface area contributed by atoms with Crippen LogP contribution >= 0.6 is 0 Å². The number of fused-ring (bicyclic) bond motifs is 2. The summed E-state index contributed by atoms with van der Waals surface area (Å²) in [7, 11) is 0. The van der Waals surface area contributed by atoms with Crippen LogP contribution in [0, 0.1) is 17.3 Å². The van der Waals surface area contributed by atoms with Crippen molar-refractivity contribution in [1.29, 1.82) is 0 Å². The highest BCUT2D eigenvalue weighted by atomic mass is 16.6. The maximum Gasteiger partial charge on any atom is 0.350 e. The van der Waals surface area contributed by atoms with Crippen molar-refractivity contribution in [3.63, 3.8) is 0 Å². The molecular weight excluding hydrogens is 466 g/mol. The normalized spacial score (nSPS) is 32.0. The summed E-state index contributed by atoms with van der Waals surface area (Å²) < 4.78 is 18.1. The highest BCUT2D eigenvalue weighted by Gasteiger charge is 2.55. The van der Waals surface area contributed by atoms with E-state index in [1.165, 1.54) is 0 Å². The Bertz CT molecular complexity index is 1310. The van der Waals surface area contributed by atoms with Gasteiger partial charge in [-0.3, -0.25) is 0 Å². The molecule has 3 aliphatic rings. The molecule has 192 valence electrons. The van der Waals surface area contributed by atoms with Gasteiger partial charge in [0, 0.05) is 29.0 Å². The van der Waals surface area contributed by atoms with Gasteiger partial charge >= 0.3 is 5.97 Å². The van der Waals surface area contributed by atoms with Gasteiger partial charge in [0.1, 0.15) is 12.1 Å². The van der Waals surface area contributed by atoms with E-state index >= 15 is 0 Å². The van der Waals surface area contributed by atoms with E-state index in [9.17, 15) is 9.90 Å². The van der Waals surface area contributed by atoms with E-state index in [1.807, 2.05) is 67.6 Å². The van der Waals surface area contributed by atoms with Crippen LogP contribution in [0.25, 0.3) is 0 Å². The van der Waals surface area contributed by atoms with Gasteiger partial charge in [0.05, 0.1) is 18.1 Å². The van der Waals surface area contributed by atoms with Gasteiger partial charge < -0.3 is 19.0 Å². The number of aliphatic hydroxyl groups is 1. The lowest BCUT2D eigenvalue weighted by atomic mass is 9.78. The zero-order valence-electron chi connectivity index (χ0n) is 21.5. The molecule has 0 radical (unpaired) electrons. The molecule has 6 atom stereocenters. The van der Waals surface area contributed by atoms with Crippen molar-refractivity contribution in [2.24, 2.45) is 22.2 Å². The van der Waals surface area contributed by atoms with Crippen molar-refractivity contribution < 1.29 is 23.8 Å². The predicted molar refractivity (Wildman–Crippen MR) is 139 cm³/mol. The second-order valence-corrected chi connectivity index (χ2v) is 11.8. The average molecular weight is 500 g/mol. The number of ether oxygens (including phenoxy) is 2. The van der Waals surface area contributed by atoms with Gasteiger partial charge in [-0.1, -0.05) is 62.4 Å². The van der Waals surface area contributed by atoms with Gasteiger partial charge in [0.2, 0.25) is 12.0 Å². The fourth-order valence-electron chi connectivity index (χ4n) is 6.64. The molecule has 1 N–H and O–H groups in total. The molecule has 6 nitrogen and oxygen atoms in total. The first kappa shape index (κ1) is 24.0. The molecule has 0 unspecified atom stereocenters. The van der Waals surface area contributed by atoms with E-state index in [2.05, 4.69) is 13.8 Å². The molecule has 1 fully saturated rings. The second kappa shape index (κ2) is 8.88. The third-order valence-electron chi connectivity index (χ3n) is 8.32. The Hall–Kier alpha value is -3.38. The lowest BCUT2D eigenvalue weighted by Crippen LogP contribution is -2.39. The number of carbonyl (C=O) groups excluding carboxylic acids is 1. The SMILES string of the molecule is CC1(C)C[C@@H]2[C@@H](OC(=O)[C@@H]3OC(c4ccccc4)=N[C@H]3c3ccccc3)c3cocc3C[C@](C)(O)[C@H]2C1. The summed E-state index contributed by atoms with van der Waals surface area (Å²) in [6.45, 7) is 6.34. The van der Waals surface area contributed by atoms with Crippen molar-refractivity contribution >= 4 is 11.9 Å². The number of carbonyl (C=O) groups is 1. The second-order valence-electron chi connectivity index (χ2n) is 11.8. The van der Waals surface area contributed by atoms with E-state index in [1.54, 1.807) is 12.5 Å². The molecule has 0 bridgehead atoms. The van der Waals surface area contributed by atoms with Crippen molar-refractivity contribution in [3.05, 3.63) is 95.4 Å². The van der Waals surface area contributed by atoms with Gasteiger partial charge in [0.15, 0.2) is 0 Å². The fraction of sp³-hybridized carbons (Fsp3) is 0.419. The number of esters is 1. The molecule has 0 saturated heterocycles. The van der Waals surface area contributed by atoms with E-state index in [0.29, 0.717) is 12.3 Å². The molecule has 6 heteroatoms. The van der Waals surface area contributed by atoms with E-state index in [0.717, 1.165) is 35.1 Å². The molecule has 0 spiro atoms. The molecular formula is C31H33NO5. The summed E-state index contributed by atoms with van der Waals surface area (Å²) >= 11 is 0. The van der Waals surface area contributed by atoms with Crippen molar-refractivity contribution in [1.82, 2.24) is 0 Å². The number of furan rings is 1. The number of hydrogen-bond acceptors (Lipinski definition) is 6. The molecule has 6 rings (SSSR count). The van der Waals surface area contributed by atoms with Crippen LogP contribution in [-0.4, -0.2) is 28.7 Å². The van der Waals surface area contributed by atoms with Crippen molar-refractivity contribution in [3.8, 4) is 0 Å². The molecule has 3 aromatic rings. The van der Waals surface area contributed by atoms with Gasteiger partial charge in [0.25, 0.3) is 0 Å². The van der Waals surface area contributed by atoms with Crippen LogP contribution in [0.3, 0.4) is 0 Å². The summed E-state index contributed by atoms with van der Waals surface area (Å²) in [5.41, 5.74) is 2.56. The third-order valence-corrected chi connectivity index (χ3v) is 8.32. The lowest BCUT2D eigenvalue weighted by molar-refractivity contribution is -0.164. The van der Waals surface area contributed by atoms with Crippen molar-refractivity contribution in [2.75, 3.05) is 0 Å². The van der Waals surface area contributed by atoms with Crippen molar-refractivity contribution in [2.45, 2.75) is 63.9 Å². The summed E-state index contributed by atoms with van der Waals surface area (Å²) in [6.07, 6.45) is 4.09. The lowest BCUT2D eigenvalue weighted by Gasteiger charge is -2.34. The molecule has 2 heterocycles.